The largest absolute Gasteiger partial charge is 0.480 e. The highest BCUT2D eigenvalue weighted by Gasteiger charge is 2.34. The lowest BCUT2D eigenvalue weighted by molar-refractivity contribution is -0.141. The molecule has 2 rings (SSSR count). The number of hydrogen-bond acceptors (Lipinski definition) is 3. The van der Waals surface area contributed by atoms with E-state index in [0.717, 1.165) is 6.42 Å². The van der Waals surface area contributed by atoms with Crippen molar-refractivity contribution in [1.82, 2.24) is 0 Å². The van der Waals surface area contributed by atoms with E-state index in [0.29, 0.717) is 12.1 Å². The summed E-state index contributed by atoms with van der Waals surface area (Å²) in [5.74, 6) is -1.39. The van der Waals surface area contributed by atoms with Crippen LogP contribution in [0.5, 0.6) is 0 Å². The quantitative estimate of drug-likeness (QED) is 0.864. The summed E-state index contributed by atoms with van der Waals surface area (Å²) in [6, 6.07) is 4.91. The zero-order chi connectivity index (χ0) is 13.1. The van der Waals surface area contributed by atoms with E-state index in [1.807, 2.05) is 6.92 Å². The standard InChI is InChI=1S/C13H16FNO3/c1-8-5-6-11(18-8)12(13(16)17)15-10-4-2-3-9(14)7-10/h2-4,7-8,11-12,15H,5-6H2,1H3,(H,16,17). The molecule has 0 aromatic heterocycles. The van der Waals surface area contributed by atoms with Crippen LogP contribution in [0.4, 0.5) is 10.1 Å². The average Bonchev–Trinajstić information content (AvgIpc) is 2.72. The van der Waals surface area contributed by atoms with Gasteiger partial charge in [0.25, 0.3) is 0 Å². The highest BCUT2D eigenvalue weighted by Crippen LogP contribution is 2.24. The number of anilines is 1. The highest BCUT2D eigenvalue weighted by atomic mass is 19.1. The van der Waals surface area contributed by atoms with Crippen molar-refractivity contribution in [2.75, 3.05) is 5.32 Å². The zero-order valence-electron chi connectivity index (χ0n) is 10.1. The number of nitrogens with one attached hydrogen (secondary N) is 1. The molecule has 0 saturated carbocycles. The summed E-state index contributed by atoms with van der Waals surface area (Å²) in [5, 5.41) is 12.0. The van der Waals surface area contributed by atoms with Gasteiger partial charge in [-0.25, -0.2) is 9.18 Å². The van der Waals surface area contributed by atoms with E-state index >= 15 is 0 Å². The van der Waals surface area contributed by atoms with Gasteiger partial charge in [-0.15, -0.1) is 0 Å². The van der Waals surface area contributed by atoms with Crippen LogP contribution in [0.25, 0.3) is 0 Å². The maximum atomic E-state index is 13.0. The molecule has 3 atom stereocenters. The molecule has 1 saturated heterocycles. The topological polar surface area (TPSA) is 58.6 Å². The molecule has 1 aliphatic heterocycles. The Labute approximate surface area is 105 Å². The Hall–Kier alpha value is -1.62. The van der Waals surface area contributed by atoms with E-state index in [4.69, 9.17) is 4.74 Å². The van der Waals surface area contributed by atoms with E-state index in [1.54, 1.807) is 6.07 Å². The molecule has 98 valence electrons. The summed E-state index contributed by atoms with van der Waals surface area (Å²) >= 11 is 0. The molecule has 1 fully saturated rings. The molecule has 1 aromatic carbocycles. The van der Waals surface area contributed by atoms with Crippen molar-refractivity contribution in [1.29, 1.82) is 0 Å². The van der Waals surface area contributed by atoms with Crippen molar-refractivity contribution >= 4 is 11.7 Å². The van der Waals surface area contributed by atoms with Crippen LogP contribution in [0.2, 0.25) is 0 Å². The fourth-order valence-corrected chi connectivity index (χ4v) is 2.15. The minimum atomic E-state index is -0.988. The fraction of sp³-hybridized carbons (Fsp3) is 0.462. The maximum absolute atomic E-state index is 13.0. The number of rotatable bonds is 4. The molecule has 1 heterocycles. The first-order valence-electron chi connectivity index (χ1n) is 5.96. The Balaban J connectivity index is 2.09. The van der Waals surface area contributed by atoms with Crippen molar-refractivity contribution in [2.45, 2.75) is 38.0 Å². The number of hydrogen-bond donors (Lipinski definition) is 2. The number of carboxylic acids is 1. The lowest BCUT2D eigenvalue weighted by Crippen LogP contribution is -2.40. The first-order chi connectivity index (χ1) is 8.56. The predicted octanol–water partition coefficient (Wildman–Crippen LogP) is 2.26. The second-order valence-corrected chi connectivity index (χ2v) is 4.53. The first kappa shape index (κ1) is 12.8. The van der Waals surface area contributed by atoms with E-state index in [-0.39, 0.29) is 12.2 Å². The SMILES string of the molecule is CC1CCC(C(Nc2cccc(F)c2)C(=O)O)O1. The third kappa shape index (κ3) is 2.98. The number of carbonyl (C=O) groups is 1. The van der Waals surface area contributed by atoms with Gasteiger partial charge in [0.15, 0.2) is 6.04 Å². The fourth-order valence-electron chi connectivity index (χ4n) is 2.15. The van der Waals surface area contributed by atoms with Crippen LogP contribution in [0.1, 0.15) is 19.8 Å². The second-order valence-electron chi connectivity index (χ2n) is 4.53. The highest BCUT2D eigenvalue weighted by molar-refractivity contribution is 5.78. The predicted molar refractivity (Wildman–Crippen MR) is 65.0 cm³/mol. The molecule has 2 N–H and O–H groups in total. The summed E-state index contributed by atoms with van der Waals surface area (Å²) in [4.78, 5) is 11.2. The summed E-state index contributed by atoms with van der Waals surface area (Å²) in [6.07, 6.45) is 1.24. The van der Waals surface area contributed by atoms with Crippen LogP contribution in [0.15, 0.2) is 24.3 Å². The van der Waals surface area contributed by atoms with Gasteiger partial charge in [-0.3, -0.25) is 0 Å². The van der Waals surface area contributed by atoms with E-state index in [1.165, 1.54) is 18.2 Å². The molecule has 1 aromatic rings. The van der Waals surface area contributed by atoms with Crippen LogP contribution < -0.4 is 5.32 Å². The normalized spacial score (nSPS) is 24.8. The van der Waals surface area contributed by atoms with Crippen LogP contribution in [0, 0.1) is 5.82 Å². The summed E-state index contributed by atoms with van der Waals surface area (Å²) < 4.78 is 18.6. The summed E-state index contributed by atoms with van der Waals surface area (Å²) in [6.45, 7) is 1.92. The van der Waals surface area contributed by atoms with Crippen molar-refractivity contribution in [2.24, 2.45) is 0 Å². The van der Waals surface area contributed by atoms with Gasteiger partial charge in [0.2, 0.25) is 0 Å². The van der Waals surface area contributed by atoms with Gasteiger partial charge in [0.1, 0.15) is 5.82 Å². The average molecular weight is 253 g/mol. The molecular formula is C13H16FNO3. The van der Waals surface area contributed by atoms with Gasteiger partial charge in [-0.1, -0.05) is 6.07 Å². The van der Waals surface area contributed by atoms with E-state index in [2.05, 4.69) is 5.32 Å². The van der Waals surface area contributed by atoms with Gasteiger partial charge in [0.05, 0.1) is 12.2 Å². The third-order valence-corrected chi connectivity index (χ3v) is 3.05. The monoisotopic (exact) mass is 253 g/mol. The molecule has 0 spiro atoms. The third-order valence-electron chi connectivity index (χ3n) is 3.05. The molecule has 0 radical (unpaired) electrons. The molecule has 4 nitrogen and oxygen atoms in total. The smallest absolute Gasteiger partial charge is 0.328 e. The van der Waals surface area contributed by atoms with Gasteiger partial charge >= 0.3 is 5.97 Å². The Morgan fingerprint density at radius 2 is 2.33 bits per heavy atom. The van der Waals surface area contributed by atoms with Crippen LogP contribution >= 0.6 is 0 Å². The van der Waals surface area contributed by atoms with Crippen LogP contribution in [-0.4, -0.2) is 29.3 Å². The van der Waals surface area contributed by atoms with Crippen LogP contribution in [-0.2, 0) is 9.53 Å². The van der Waals surface area contributed by atoms with Crippen molar-refractivity contribution < 1.29 is 19.0 Å². The lowest BCUT2D eigenvalue weighted by atomic mass is 10.1. The Bertz CT molecular complexity index is 438. The maximum Gasteiger partial charge on any atom is 0.328 e. The minimum absolute atomic E-state index is 0.0751. The molecular weight excluding hydrogens is 237 g/mol. The number of benzene rings is 1. The summed E-state index contributed by atoms with van der Waals surface area (Å²) in [7, 11) is 0. The Morgan fingerprint density at radius 3 is 2.89 bits per heavy atom. The van der Waals surface area contributed by atoms with Crippen molar-refractivity contribution in [3.8, 4) is 0 Å². The number of aliphatic carboxylic acids is 1. The van der Waals surface area contributed by atoms with Crippen molar-refractivity contribution in [3.05, 3.63) is 30.1 Å². The molecule has 0 aliphatic carbocycles. The number of halogens is 1. The Kier molecular flexibility index (Phi) is 3.81. The van der Waals surface area contributed by atoms with E-state index in [9.17, 15) is 14.3 Å². The number of ether oxygens (including phenoxy) is 1. The second kappa shape index (κ2) is 5.35. The first-order valence-corrected chi connectivity index (χ1v) is 5.96. The minimum Gasteiger partial charge on any atom is -0.480 e. The van der Waals surface area contributed by atoms with Gasteiger partial charge in [0, 0.05) is 5.69 Å². The Morgan fingerprint density at radius 1 is 1.56 bits per heavy atom. The molecule has 0 amide bonds. The molecule has 5 heteroatoms. The zero-order valence-corrected chi connectivity index (χ0v) is 10.1. The molecule has 0 bridgehead atoms. The van der Waals surface area contributed by atoms with E-state index < -0.39 is 17.8 Å². The molecule has 18 heavy (non-hydrogen) atoms. The van der Waals surface area contributed by atoms with Gasteiger partial charge in [-0.05, 0) is 38.0 Å². The van der Waals surface area contributed by atoms with Crippen LogP contribution in [0.3, 0.4) is 0 Å². The molecule has 1 aliphatic rings. The van der Waals surface area contributed by atoms with Crippen molar-refractivity contribution in [3.63, 3.8) is 0 Å². The number of carboxylic acid groups (broad SMARTS) is 1. The summed E-state index contributed by atoms with van der Waals surface area (Å²) in [5.41, 5.74) is 0.450. The molecule has 3 unspecified atom stereocenters. The van der Waals surface area contributed by atoms with Gasteiger partial charge in [-0.2, -0.15) is 0 Å². The lowest BCUT2D eigenvalue weighted by Gasteiger charge is -2.22. The van der Waals surface area contributed by atoms with Gasteiger partial charge < -0.3 is 15.2 Å².